The van der Waals surface area contributed by atoms with E-state index in [1.54, 1.807) is 0 Å². The molecular formula is C22H39N5. The molecule has 1 aliphatic heterocycles. The van der Waals surface area contributed by atoms with Crippen LogP contribution in [0.4, 0.5) is 0 Å². The number of piperazine rings is 1. The molecule has 2 rings (SSSR count). The van der Waals surface area contributed by atoms with Gasteiger partial charge in [0.25, 0.3) is 0 Å². The summed E-state index contributed by atoms with van der Waals surface area (Å²) in [6, 6.07) is 10.6. The Morgan fingerprint density at radius 3 is 2.41 bits per heavy atom. The first-order chi connectivity index (χ1) is 12.9. The fraction of sp³-hybridized carbons (Fsp3) is 0.682. The summed E-state index contributed by atoms with van der Waals surface area (Å²) in [6.45, 7) is 17.4. The van der Waals surface area contributed by atoms with Crippen LogP contribution in [0.15, 0.2) is 35.3 Å². The van der Waals surface area contributed by atoms with E-state index in [-0.39, 0.29) is 5.41 Å². The Kier molecular flexibility index (Phi) is 8.58. The summed E-state index contributed by atoms with van der Waals surface area (Å²) in [5.41, 5.74) is 1.35. The van der Waals surface area contributed by atoms with Crippen molar-refractivity contribution in [1.29, 1.82) is 0 Å². The summed E-state index contributed by atoms with van der Waals surface area (Å²) in [5.74, 6) is 1.52. The highest BCUT2D eigenvalue weighted by molar-refractivity contribution is 5.79. The maximum Gasteiger partial charge on any atom is 0.191 e. The molecule has 5 nitrogen and oxygen atoms in total. The van der Waals surface area contributed by atoms with Gasteiger partial charge in [0.15, 0.2) is 5.96 Å². The van der Waals surface area contributed by atoms with Crippen molar-refractivity contribution < 1.29 is 0 Å². The van der Waals surface area contributed by atoms with E-state index in [9.17, 15) is 0 Å². The van der Waals surface area contributed by atoms with Crippen LogP contribution >= 0.6 is 0 Å². The van der Waals surface area contributed by atoms with Gasteiger partial charge in [0.2, 0.25) is 0 Å². The first kappa shape index (κ1) is 21.7. The van der Waals surface area contributed by atoms with E-state index >= 15 is 0 Å². The minimum atomic E-state index is 0.0229. The molecule has 0 saturated carbocycles. The van der Waals surface area contributed by atoms with Crippen molar-refractivity contribution in [3.63, 3.8) is 0 Å². The quantitative estimate of drug-likeness (QED) is 0.542. The van der Waals surface area contributed by atoms with Gasteiger partial charge in [0, 0.05) is 51.2 Å². The van der Waals surface area contributed by atoms with Gasteiger partial charge < -0.3 is 20.4 Å². The third-order valence-electron chi connectivity index (χ3n) is 5.32. The zero-order valence-corrected chi connectivity index (χ0v) is 18.0. The molecule has 0 aliphatic carbocycles. The molecule has 1 saturated heterocycles. The summed E-state index contributed by atoms with van der Waals surface area (Å²) in [6.07, 6.45) is 0. The van der Waals surface area contributed by atoms with Crippen molar-refractivity contribution in [2.24, 2.45) is 10.9 Å². The highest BCUT2D eigenvalue weighted by Gasteiger charge is 2.20. The summed E-state index contributed by atoms with van der Waals surface area (Å²) in [7, 11) is 2.21. The van der Waals surface area contributed by atoms with Crippen LogP contribution in [-0.2, 0) is 5.41 Å². The number of guanidine groups is 1. The highest BCUT2D eigenvalue weighted by atomic mass is 15.2. The van der Waals surface area contributed by atoms with Crippen LogP contribution in [0, 0.1) is 5.92 Å². The molecule has 5 heteroatoms. The smallest absolute Gasteiger partial charge is 0.191 e. The minimum Gasteiger partial charge on any atom is -0.357 e. The maximum absolute atomic E-state index is 4.86. The van der Waals surface area contributed by atoms with E-state index in [1.165, 1.54) is 31.7 Å². The monoisotopic (exact) mass is 373 g/mol. The van der Waals surface area contributed by atoms with Gasteiger partial charge in [-0.15, -0.1) is 0 Å². The Morgan fingerprint density at radius 2 is 1.78 bits per heavy atom. The van der Waals surface area contributed by atoms with Gasteiger partial charge in [-0.25, -0.2) is 0 Å². The third-order valence-corrected chi connectivity index (χ3v) is 5.32. The Hall–Kier alpha value is -1.59. The van der Waals surface area contributed by atoms with Crippen LogP contribution in [0.3, 0.4) is 0 Å². The second-order valence-electron chi connectivity index (χ2n) is 8.54. The lowest BCUT2D eigenvalue weighted by Gasteiger charge is -2.34. The summed E-state index contributed by atoms with van der Waals surface area (Å²) >= 11 is 0. The molecule has 1 aliphatic rings. The second-order valence-corrected chi connectivity index (χ2v) is 8.54. The SMILES string of the molecule is CCNC(=NCC(C)(C)c1ccccc1)NCC(C)CN1CCN(C)CC1. The van der Waals surface area contributed by atoms with Crippen LogP contribution in [0.5, 0.6) is 0 Å². The molecule has 1 aromatic rings. The molecule has 1 fully saturated rings. The summed E-state index contributed by atoms with van der Waals surface area (Å²) < 4.78 is 0. The molecule has 152 valence electrons. The maximum atomic E-state index is 4.86. The molecule has 0 aromatic heterocycles. The lowest BCUT2D eigenvalue weighted by atomic mass is 9.85. The normalized spacial score (nSPS) is 18.3. The molecular weight excluding hydrogens is 334 g/mol. The van der Waals surface area contributed by atoms with E-state index in [2.05, 4.69) is 85.5 Å². The first-order valence-corrected chi connectivity index (χ1v) is 10.4. The molecule has 27 heavy (non-hydrogen) atoms. The molecule has 2 N–H and O–H groups in total. The van der Waals surface area contributed by atoms with Gasteiger partial charge in [0.05, 0.1) is 6.54 Å². The zero-order valence-electron chi connectivity index (χ0n) is 18.0. The molecule has 1 heterocycles. The van der Waals surface area contributed by atoms with Gasteiger partial charge in [-0.05, 0) is 25.5 Å². The van der Waals surface area contributed by atoms with Gasteiger partial charge in [-0.2, -0.15) is 0 Å². The topological polar surface area (TPSA) is 42.9 Å². The average molecular weight is 374 g/mol. The Labute approximate surface area is 166 Å². The van der Waals surface area contributed by atoms with Crippen molar-refractivity contribution in [2.75, 3.05) is 59.4 Å². The minimum absolute atomic E-state index is 0.0229. The van der Waals surface area contributed by atoms with E-state index in [4.69, 9.17) is 4.99 Å². The molecule has 0 radical (unpaired) electrons. The van der Waals surface area contributed by atoms with Crippen LogP contribution in [0.1, 0.15) is 33.3 Å². The number of nitrogens with one attached hydrogen (secondary N) is 2. The number of nitrogens with zero attached hydrogens (tertiary/aromatic N) is 3. The van der Waals surface area contributed by atoms with Gasteiger partial charge >= 0.3 is 0 Å². The highest BCUT2D eigenvalue weighted by Crippen LogP contribution is 2.22. The first-order valence-electron chi connectivity index (χ1n) is 10.4. The fourth-order valence-corrected chi connectivity index (χ4v) is 3.41. The lowest BCUT2D eigenvalue weighted by molar-refractivity contribution is 0.139. The largest absolute Gasteiger partial charge is 0.357 e. The van der Waals surface area contributed by atoms with E-state index in [0.29, 0.717) is 5.92 Å². The van der Waals surface area contributed by atoms with E-state index < -0.39 is 0 Å². The number of hydrogen-bond acceptors (Lipinski definition) is 3. The van der Waals surface area contributed by atoms with Gasteiger partial charge in [0.1, 0.15) is 0 Å². The third kappa shape index (κ3) is 7.51. The Bertz CT molecular complexity index is 561. The number of likely N-dealkylation sites (N-methyl/N-ethyl adjacent to an activating group) is 1. The molecule has 1 atom stereocenters. The van der Waals surface area contributed by atoms with Crippen LogP contribution in [-0.4, -0.2) is 75.2 Å². The van der Waals surface area contributed by atoms with Crippen molar-refractivity contribution in [1.82, 2.24) is 20.4 Å². The molecule has 0 bridgehead atoms. The predicted octanol–water partition coefficient (Wildman–Crippen LogP) is 2.40. The van der Waals surface area contributed by atoms with Gasteiger partial charge in [-0.1, -0.05) is 51.1 Å². The fourth-order valence-electron chi connectivity index (χ4n) is 3.41. The average Bonchev–Trinajstić information content (AvgIpc) is 2.66. The molecule has 1 aromatic carbocycles. The zero-order chi connectivity index (χ0) is 19.7. The Balaban J connectivity index is 1.84. The molecule has 0 amide bonds. The summed E-state index contributed by atoms with van der Waals surface area (Å²) in [4.78, 5) is 9.85. The van der Waals surface area contributed by atoms with E-state index in [0.717, 1.165) is 32.1 Å². The number of benzene rings is 1. The van der Waals surface area contributed by atoms with Crippen molar-refractivity contribution in [2.45, 2.75) is 33.1 Å². The van der Waals surface area contributed by atoms with Crippen LogP contribution in [0.2, 0.25) is 0 Å². The summed E-state index contributed by atoms with van der Waals surface area (Å²) in [5, 5.41) is 6.93. The van der Waals surface area contributed by atoms with Gasteiger partial charge in [-0.3, -0.25) is 4.99 Å². The number of hydrogen-bond donors (Lipinski definition) is 2. The van der Waals surface area contributed by atoms with Crippen LogP contribution < -0.4 is 10.6 Å². The number of rotatable bonds is 8. The molecule has 1 unspecified atom stereocenters. The lowest BCUT2D eigenvalue weighted by Crippen LogP contribution is -2.47. The van der Waals surface area contributed by atoms with Crippen LogP contribution in [0.25, 0.3) is 0 Å². The van der Waals surface area contributed by atoms with Crippen molar-refractivity contribution >= 4 is 5.96 Å². The van der Waals surface area contributed by atoms with Crippen molar-refractivity contribution in [3.8, 4) is 0 Å². The van der Waals surface area contributed by atoms with E-state index in [1.807, 2.05) is 0 Å². The second kappa shape index (κ2) is 10.7. The molecule has 0 spiro atoms. The standard InChI is InChI=1S/C22H39N5/c1-6-23-21(25-18-22(3,4)20-10-8-7-9-11-20)24-16-19(2)17-27-14-12-26(5)13-15-27/h7-11,19H,6,12-18H2,1-5H3,(H2,23,24,25). The predicted molar refractivity (Wildman–Crippen MR) is 117 cm³/mol. The Morgan fingerprint density at radius 1 is 1.11 bits per heavy atom. The van der Waals surface area contributed by atoms with Crippen molar-refractivity contribution in [3.05, 3.63) is 35.9 Å². The number of aliphatic imine (C=N–C) groups is 1.